The lowest BCUT2D eigenvalue weighted by molar-refractivity contribution is 0.272. The molecule has 1 aromatic rings. The number of halogens is 1. The third-order valence-corrected chi connectivity index (χ3v) is 4.17. The molecule has 0 amide bonds. The van der Waals surface area contributed by atoms with E-state index in [2.05, 4.69) is 10.3 Å². The Balaban J connectivity index is 1.89. The summed E-state index contributed by atoms with van der Waals surface area (Å²) in [7, 11) is 1.64. The van der Waals surface area contributed by atoms with Crippen LogP contribution in [0, 0.1) is 11.8 Å². The average Bonchev–Trinajstić information content (AvgIpc) is 2.45. The van der Waals surface area contributed by atoms with Crippen LogP contribution < -0.4 is 10.1 Å². The lowest BCUT2D eigenvalue weighted by Gasteiger charge is -2.30. The number of aromatic nitrogens is 1. The fraction of sp³-hybridized carbons (Fsp3) is 0.643. The largest absolute Gasteiger partial charge is 0.481 e. The van der Waals surface area contributed by atoms with Gasteiger partial charge in [-0.15, -0.1) is 11.6 Å². The van der Waals surface area contributed by atoms with Gasteiger partial charge < -0.3 is 10.1 Å². The first-order valence-corrected chi connectivity index (χ1v) is 7.17. The SMILES string of the molecule is COc1cc(NCC2CCCCC2CCl)ccn1. The van der Waals surface area contributed by atoms with Crippen molar-refractivity contribution in [1.82, 2.24) is 4.98 Å². The third-order valence-electron chi connectivity index (χ3n) is 3.78. The van der Waals surface area contributed by atoms with E-state index in [1.807, 2.05) is 12.1 Å². The van der Waals surface area contributed by atoms with Crippen LogP contribution in [0.25, 0.3) is 0 Å². The summed E-state index contributed by atoms with van der Waals surface area (Å²) in [6.07, 6.45) is 6.99. The highest BCUT2D eigenvalue weighted by atomic mass is 35.5. The molecular formula is C14H21ClN2O. The maximum atomic E-state index is 6.05. The van der Waals surface area contributed by atoms with Gasteiger partial charge in [-0.25, -0.2) is 4.98 Å². The number of ether oxygens (including phenoxy) is 1. The van der Waals surface area contributed by atoms with Crippen molar-refractivity contribution in [3.8, 4) is 5.88 Å². The van der Waals surface area contributed by atoms with E-state index in [0.717, 1.165) is 18.1 Å². The first-order chi connectivity index (χ1) is 8.83. The molecule has 1 saturated carbocycles. The second kappa shape index (κ2) is 6.83. The predicted octanol–water partition coefficient (Wildman–Crippen LogP) is 3.55. The van der Waals surface area contributed by atoms with Gasteiger partial charge in [0.2, 0.25) is 5.88 Å². The summed E-state index contributed by atoms with van der Waals surface area (Å²) < 4.78 is 5.12. The van der Waals surface area contributed by atoms with Gasteiger partial charge in [-0.2, -0.15) is 0 Å². The second-order valence-electron chi connectivity index (χ2n) is 4.93. The van der Waals surface area contributed by atoms with Crippen molar-refractivity contribution in [1.29, 1.82) is 0 Å². The predicted molar refractivity (Wildman–Crippen MR) is 75.4 cm³/mol. The van der Waals surface area contributed by atoms with Crippen molar-refractivity contribution in [3.63, 3.8) is 0 Å². The lowest BCUT2D eigenvalue weighted by atomic mass is 9.80. The number of nitrogens with one attached hydrogen (secondary N) is 1. The van der Waals surface area contributed by atoms with Crippen LogP contribution in [0.15, 0.2) is 18.3 Å². The number of methoxy groups -OCH3 is 1. The van der Waals surface area contributed by atoms with Gasteiger partial charge in [0.1, 0.15) is 0 Å². The fourth-order valence-electron chi connectivity index (χ4n) is 2.64. The third kappa shape index (κ3) is 3.52. The molecule has 18 heavy (non-hydrogen) atoms. The van der Waals surface area contributed by atoms with Gasteiger partial charge in [-0.3, -0.25) is 0 Å². The van der Waals surface area contributed by atoms with E-state index in [0.29, 0.717) is 17.7 Å². The van der Waals surface area contributed by atoms with Crippen LogP contribution in [0.1, 0.15) is 25.7 Å². The second-order valence-corrected chi connectivity index (χ2v) is 5.24. The van der Waals surface area contributed by atoms with Gasteiger partial charge in [0.05, 0.1) is 7.11 Å². The first-order valence-electron chi connectivity index (χ1n) is 6.63. The van der Waals surface area contributed by atoms with Crippen LogP contribution in [0.2, 0.25) is 0 Å². The fourth-order valence-corrected chi connectivity index (χ4v) is 3.04. The number of anilines is 1. The van der Waals surface area contributed by atoms with Crippen LogP contribution in [0.3, 0.4) is 0 Å². The molecule has 1 fully saturated rings. The van der Waals surface area contributed by atoms with Gasteiger partial charge in [0.25, 0.3) is 0 Å². The molecule has 1 aromatic heterocycles. The molecule has 100 valence electrons. The highest BCUT2D eigenvalue weighted by Crippen LogP contribution is 2.31. The molecule has 0 radical (unpaired) electrons. The van der Waals surface area contributed by atoms with Gasteiger partial charge in [-0.1, -0.05) is 12.8 Å². The van der Waals surface area contributed by atoms with Crippen molar-refractivity contribution < 1.29 is 4.74 Å². The van der Waals surface area contributed by atoms with E-state index in [1.165, 1.54) is 25.7 Å². The lowest BCUT2D eigenvalue weighted by Crippen LogP contribution is -2.27. The Bertz CT molecular complexity index is 373. The van der Waals surface area contributed by atoms with Crippen molar-refractivity contribution in [2.24, 2.45) is 11.8 Å². The summed E-state index contributed by atoms with van der Waals surface area (Å²) in [6, 6.07) is 3.90. The van der Waals surface area contributed by atoms with Crippen molar-refractivity contribution in [2.75, 3.05) is 24.9 Å². The Morgan fingerprint density at radius 3 is 2.89 bits per heavy atom. The Kier molecular flexibility index (Phi) is 5.12. The standard InChI is InChI=1S/C14H21ClN2O/c1-18-14-8-13(6-7-16-14)17-10-12-5-3-2-4-11(12)9-15/h6-8,11-12H,2-5,9-10H2,1H3,(H,16,17). The Morgan fingerprint density at radius 2 is 2.17 bits per heavy atom. The summed E-state index contributed by atoms with van der Waals surface area (Å²) in [5.74, 6) is 2.79. The Hall–Kier alpha value is -0.960. The summed E-state index contributed by atoms with van der Waals surface area (Å²) in [5.41, 5.74) is 1.07. The van der Waals surface area contributed by atoms with Crippen LogP contribution >= 0.6 is 11.6 Å². The van der Waals surface area contributed by atoms with E-state index < -0.39 is 0 Å². The zero-order valence-electron chi connectivity index (χ0n) is 10.9. The average molecular weight is 269 g/mol. The molecule has 2 rings (SSSR count). The van der Waals surface area contributed by atoms with Crippen molar-refractivity contribution in [2.45, 2.75) is 25.7 Å². The molecule has 0 aliphatic heterocycles. The van der Waals surface area contributed by atoms with Crippen molar-refractivity contribution >= 4 is 17.3 Å². The molecule has 1 aliphatic rings. The minimum atomic E-state index is 0.650. The normalized spacial score (nSPS) is 23.7. The van der Waals surface area contributed by atoms with E-state index in [-0.39, 0.29) is 0 Å². The first kappa shape index (κ1) is 13.5. The van der Waals surface area contributed by atoms with E-state index in [4.69, 9.17) is 16.3 Å². The molecule has 1 heterocycles. The molecule has 2 atom stereocenters. The zero-order chi connectivity index (χ0) is 12.8. The topological polar surface area (TPSA) is 34.1 Å². The minimum absolute atomic E-state index is 0.650. The number of pyridine rings is 1. The number of hydrogen-bond acceptors (Lipinski definition) is 3. The quantitative estimate of drug-likeness (QED) is 0.830. The molecule has 3 nitrogen and oxygen atoms in total. The number of rotatable bonds is 5. The number of hydrogen-bond donors (Lipinski definition) is 1. The molecular weight excluding hydrogens is 248 g/mol. The van der Waals surface area contributed by atoms with Gasteiger partial charge in [-0.05, 0) is 30.7 Å². The van der Waals surface area contributed by atoms with Crippen LogP contribution in [-0.2, 0) is 0 Å². The minimum Gasteiger partial charge on any atom is -0.481 e. The molecule has 4 heteroatoms. The highest BCUT2D eigenvalue weighted by Gasteiger charge is 2.23. The molecule has 0 bridgehead atoms. The molecule has 0 aromatic carbocycles. The summed E-state index contributed by atoms with van der Waals surface area (Å²) in [6.45, 7) is 0.991. The zero-order valence-corrected chi connectivity index (χ0v) is 11.6. The highest BCUT2D eigenvalue weighted by molar-refractivity contribution is 6.18. The molecule has 0 saturated heterocycles. The maximum absolute atomic E-state index is 6.05. The van der Waals surface area contributed by atoms with Gasteiger partial charge in [0, 0.05) is 30.4 Å². The summed E-state index contributed by atoms with van der Waals surface area (Å²) in [5, 5.41) is 3.47. The van der Waals surface area contributed by atoms with E-state index in [9.17, 15) is 0 Å². The van der Waals surface area contributed by atoms with Crippen LogP contribution in [-0.4, -0.2) is 24.5 Å². The monoisotopic (exact) mass is 268 g/mol. The van der Waals surface area contributed by atoms with E-state index in [1.54, 1.807) is 13.3 Å². The number of nitrogens with zero attached hydrogens (tertiary/aromatic N) is 1. The molecule has 1 N–H and O–H groups in total. The summed E-state index contributed by atoms with van der Waals surface area (Å²) in [4.78, 5) is 4.10. The van der Waals surface area contributed by atoms with Crippen LogP contribution in [0.5, 0.6) is 5.88 Å². The molecule has 1 aliphatic carbocycles. The Morgan fingerprint density at radius 1 is 1.39 bits per heavy atom. The Labute approximate surface area is 114 Å². The summed E-state index contributed by atoms with van der Waals surface area (Å²) >= 11 is 6.05. The number of alkyl halides is 1. The van der Waals surface area contributed by atoms with Crippen molar-refractivity contribution in [3.05, 3.63) is 18.3 Å². The smallest absolute Gasteiger partial charge is 0.214 e. The van der Waals surface area contributed by atoms with Gasteiger partial charge >= 0.3 is 0 Å². The van der Waals surface area contributed by atoms with E-state index >= 15 is 0 Å². The molecule has 0 spiro atoms. The van der Waals surface area contributed by atoms with Gasteiger partial charge in [0.15, 0.2) is 0 Å². The van der Waals surface area contributed by atoms with Crippen LogP contribution in [0.4, 0.5) is 5.69 Å². The molecule has 2 unspecified atom stereocenters. The maximum Gasteiger partial charge on any atom is 0.214 e.